The van der Waals surface area contributed by atoms with Gasteiger partial charge in [-0.05, 0) is 72.1 Å². The standard InChI is InChI=1S/C41H50N10O6/c1-22(2)33(46-40(54)56-5)38(52)50-15-7-9-31(50)36-43-21-30(45-36)27-14-13-24-17-26(12-11-25(24)18-27)28-19-29-35(42-20-28)47-37(44-29)32-10-8-16-51(32)39(53)48-34(23(3)4)49-41(55)57-6/h11-14,17-23,31-34H,7-10,15-16H2,1-6H3,(H,43,45)(H,46,54)(H,48,53)(H,49,55)(H,42,44,47)/t31-,32-,33-,34-/m0/s1. The van der Waals surface area contributed by atoms with Crippen LogP contribution in [0.3, 0.4) is 0 Å². The third-order valence-electron chi connectivity index (χ3n) is 10.9. The van der Waals surface area contributed by atoms with Crippen LogP contribution in [-0.2, 0) is 14.3 Å². The lowest BCUT2D eigenvalue weighted by Gasteiger charge is -2.30. The summed E-state index contributed by atoms with van der Waals surface area (Å²) in [4.78, 5) is 75.4. The number of urea groups is 1. The summed E-state index contributed by atoms with van der Waals surface area (Å²) in [6.07, 6.45) is 4.97. The minimum Gasteiger partial charge on any atom is -0.453 e. The molecule has 5 aromatic rings. The number of carbonyl (C=O) groups is 4. The number of H-pyrrole nitrogens is 2. The van der Waals surface area contributed by atoms with E-state index in [1.807, 2.05) is 40.0 Å². The van der Waals surface area contributed by atoms with Crippen LogP contribution in [0.5, 0.6) is 0 Å². The van der Waals surface area contributed by atoms with Gasteiger partial charge in [-0.3, -0.25) is 4.79 Å². The molecule has 0 aliphatic carbocycles. The van der Waals surface area contributed by atoms with Crippen LogP contribution < -0.4 is 16.0 Å². The number of aromatic nitrogens is 5. The Labute approximate surface area is 330 Å². The molecule has 0 unspecified atom stereocenters. The lowest BCUT2D eigenvalue weighted by atomic mass is 10.00. The molecule has 16 nitrogen and oxygen atoms in total. The second kappa shape index (κ2) is 16.5. The van der Waals surface area contributed by atoms with Gasteiger partial charge in [-0.2, -0.15) is 0 Å². The maximum Gasteiger partial charge on any atom is 0.408 e. The predicted octanol–water partition coefficient (Wildman–Crippen LogP) is 6.40. The molecule has 16 heteroatoms. The van der Waals surface area contributed by atoms with Gasteiger partial charge in [0.2, 0.25) is 5.91 Å². The van der Waals surface area contributed by atoms with E-state index in [1.165, 1.54) is 14.2 Å². The zero-order chi connectivity index (χ0) is 40.4. The average molecular weight is 779 g/mol. The Morgan fingerprint density at radius 3 is 2.05 bits per heavy atom. The molecule has 4 atom stereocenters. The van der Waals surface area contributed by atoms with Crippen molar-refractivity contribution in [3.8, 4) is 22.4 Å². The molecule has 57 heavy (non-hydrogen) atoms. The maximum atomic E-state index is 13.6. The van der Waals surface area contributed by atoms with Crippen LogP contribution in [0.15, 0.2) is 54.9 Å². The van der Waals surface area contributed by atoms with Gasteiger partial charge in [-0.25, -0.2) is 29.3 Å². The third kappa shape index (κ3) is 8.20. The quantitative estimate of drug-likeness (QED) is 0.0996. The number of benzene rings is 2. The first-order valence-corrected chi connectivity index (χ1v) is 19.5. The van der Waals surface area contributed by atoms with Crippen LogP contribution in [0.25, 0.3) is 44.3 Å². The number of hydrogen-bond donors (Lipinski definition) is 5. The number of ether oxygens (including phenoxy) is 2. The van der Waals surface area contributed by atoms with Gasteiger partial charge >= 0.3 is 18.2 Å². The molecule has 7 rings (SSSR count). The molecule has 5 amide bonds. The van der Waals surface area contributed by atoms with Gasteiger partial charge in [0, 0.05) is 30.4 Å². The Hall–Kier alpha value is -6.19. The van der Waals surface area contributed by atoms with Crippen molar-refractivity contribution in [2.45, 2.75) is 77.7 Å². The molecule has 2 saturated heterocycles. The number of hydrogen-bond acceptors (Lipinski definition) is 9. The zero-order valence-electron chi connectivity index (χ0n) is 33.1. The van der Waals surface area contributed by atoms with E-state index in [4.69, 9.17) is 19.4 Å². The molecule has 0 bridgehead atoms. The van der Waals surface area contributed by atoms with E-state index in [2.05, 4.69) is 67.3 Å². The number of alkyl carbamates (subject to hydrolysis) is 2. The fourth-order valence-corrected chi connectivity index (χ4v) is 7.74. The lowest BCUT2D eigenvalue weighted by molar-refractivity contribution is -0.135. The summed E-state index contributed by atoms with van der Waals surface area (Å²) in [6, 6.07) is 13.1. The number of fused-ring (bicyclic) bond motifs is 2. The lowest BCUT2D eigenvalue weighted by Crippen LogP contribution is -2.54. The zero-order valence-corrected chi connectivity index (χ0v) is 33.1. The third-order valence-corrected chi connectivity index (χ3v) is 10.9. The van der Waals surface area contributed by atoms with Gasteiger partial charge < -0.3 is 45.2 Å². The molecule has 2 aliphatic heterocycles. The number of rotatable bonds is 10. The number of methoxy groups -OCH3 is 2. The molecule has 2 aliphatic rings. The molecular weight excluding hydrogens is 729 g/mol. The van der Waals surface area contributed by atoms with Crippen LogP contribution >= 0.6 is 0 Å². The van der Waals surface area contributed by atoms with Crippen molar-refractivity contribution in [1.29, 1.82) is 0 Å². The first-order valence-electron chi connectivity index (χ1n) is 19.5. The highest BCUT2D eigenvalue weighted by molar-refractivity contribution is 5.91. The summed E-state index contributed by atoms with van der Waals surface area (Å²) >= 11 is 0. The first-order chi connectivity index (χ1) is 27.4. The largest absolute Gasteiger partial charge is 0.453 e. The van der Waals surface area contributed by atoms with Crippen LogP contribution in [0, 0.1) is 11.8 Å². The SMILES string of the molecule is COC(=O)N[C@H](NC(=O)N1CCC[C@H]1c1nc2ncc(-c3ccc4cc(-c5cnc([C@@H]6CCCN6C(=O)[C@@H](NC(=O)OC)C(C)C)[nH]5)ccc4c3)cc2[nH]1)C(C)C. The normalized spacial score (nSPS) is 18.0. The van der Waals surface area contributed by atoms with Crippen LogP contribution in [-0.4, -0.2) is 98.4 Å². The number of amides is 5. The van der Waals surface area contributed by atoms with Gasteiger partial charge in [0.1, 0.15) is 23.9 Å². The molecule has 0 spiro atoms. The molecule has 2 aromatic carbocycles. The van der Waals surface area contributed by atoms with Crippen molar-refractivity contribution in [2.75, 3.05) is 27.3 Å². The number of nitrogens with zero attached hydrogens (tertiary/aromatic N) is 5. The molecule has 0 saturated carbocycles. The van der Waals surface area contributed by atoms with Crippen LogP contribution in [0.1, 0.15) is 77.1 Å². The Morgan fingerprint density at radius 1 is 0.719 bits per heavy atom. The van der Waals surface area contributed by atoms with Gasteiger partial charge in [-0.1, -0.05) is 52.0 Å². The Morgan fingerprint density at radius 2 is 1.37 bits per heavy atom. The van der Waals surface area contributed by atoms with Crippen LogP contribution in [0.2, 0.25) is 0 Å². The minimum absolute atomic E-state index is 0.0544. The monoisotopic (exact) mass is 778 g/mol. The van der Waals surface area contributed by atoms with Crippen molar-refractivity contribution in [3.05, 3.63) is 66.5 Å². The molecule has 5 N–H and O–H groups in total. The fraction of sp³-hybridized carbons (Fsp3) is 0.439. The van der Waals surface area contributed by atoms with Gasteiger partial charge in [-0.15, -0.1) is 0 Å². The molecule has 3 aromatic heterocycles. The highest BCUT2D eigenvalue weighted by Crippen LogP contribution is 2.35. The van der Waals surface area contributed by atoms with Crippen molar-refractivity contribution >= 4 is 46.1 Å². The predicted molar refractivity (Wildman–Crippen MR) is 214 cm³/mol. The van der Waals surface area contributed by atoms with E-state index in [9.17, 15) is 19.2 Å². The summed E-state index contributed by atoms with van der Waals surface area (Å²) in [7, 11) is 2.58. The number of nitrogens with one attached hydrogen (secondary N) is 5. The summed E-state index contributed by atoms with van der Waals surface area (Å²) in [5, 5.41) is 10.4. The Kier molecular flexibility index (Phi) is 11.3. The second-order valence-electron chi connectivity index (χ2n) is 15.4. The van der Waals surface area contributed by atoms with E-state index in [0.717, 1.165) is 64.4 Å². The van der Waals surface area contributed by atoms with E-state index in [1.54, 1.807) is 16.0 Å². The van der Waals surface area contributed by atoms with Crippen LogP contribution in [0.4, 0.5) is 14.4 Å². The summed E-state index contributed by atoms with van der Waals surface area (Å²) < 4.78 is 9.49. The second-order valence-corrected chi connectivity index (χ2v) is 15.4. The molecular formula is C41H50N10O6. The minimum atomic E-state index is -0.696. The number of carbonyl (C=O) groups excluding carboxylic acids is 4. The Bertz CT molecular complexity index is 2280. The van der Waals surface area contributed by atoms with Crippen molar-refractivity contribution in [2.24, 2.45) is 11.8 Å². The molecule has 0 radical (unpaired) electrons. The summed E-state index contributed by atoms with van der Waals surface area (Å²) in [5.41, 5.74) is 5.09. The smallest absolute Gasteiger partial charge is 0.408 e. The number of imidazole rings is 2. The summed E-state index contributed by atoms with van der Waals surface area (Å²) in [6.45, 7) is 8.76. The van der Waals surface area contributed by atoms with Crippen molar-refractivity contribution in [1.82, 2.24) is 50.7 Å². The van der Waals surface area contributed by atoms with E-state index >= 15 is 0 Å². The Balaban J connectivity index is 1.05. The molecule has 300 valence electrons. The van der Waals surface area contributed by atoms with Gasteiger partial charge in [0.25, 0.3) is 0 Å². The topological polar surface area (TPSA) is 200 Å². The number of pyridine rings is 1. The molecule has 2 fully saturated rings. The average Bonchev–Trinajstić information content (AvgIpc) is 4.04. The van der Waals surface area contributed by atoms with Gasteiger partial charge in [0.05, 0.1) is 43.7 Å². The highest BCUT2D eigenvalue weighted by Gasteiger charge is 2.38. The van der Waals surface area contributed by atoms with E-state index < -0.39 is 24.4 Å². The van der Waals surface area contributed by atoms with Gasteiger partial charge in [0.15, 0.2) is 5.65 Å². The van der Waals surface area contributed by atoms with Crippen molar-refractivity contribution in [3.63, 3.8) is 0 Å². The highest BCUT2D eigenvalue weighted by atomic mass is 16.5. The maximum absolute atomic E-state index is 13.6. The number of aromatic amines is 2. The first kappa shape index (κ1) is 39.1. The van der Waals surface area contributed by atoms with Crippen molar-refractivity contribution < 1.29 is 28.7 Å². The van der Waals surface area contributed by atoms with E-state index in [0.29, 0.717) is 30.4 Å². The number of likely N-dealkylation sites (tertiary alicyclic amines) is 2. The fourth-order valence-electron chi connectivity index (χ4n) is 7.74. The summed E-state index contributed by atoms with van der Waals surface area (Å²) in [5.74, 6) is 1.07. The van der Waals surface area contributed by atoms with E-state index in [-0.39, 0.29) is 35.9 Å². The molecule has 5 heterocycles.